The Kier molecular flexibility index (Phi) is 7.39. The molecule has 37 heavy (non-hydrogen) atoms. The number of benzene rings is 2. The zero-order chi connectivity index (χ0) is 25.9. The van der Waals surface area contributed by atoms with E-state index in [0.717, 1.165) is 36.2 Å². The summed E-state index contributed by atoms with van der Waals surface area (Å²) < 4.78 is 8.00. The van der Waals surface area contributed by atoms with Gasteiger partial charge >= 0.3 is 0 Å². The van der Waals surface area contributed by atoms with Crippen LogP contribution < -0.4 is 5.32 Å². The lowest BCUT2D eigenvalue weighted by molar-refractivity contribution is -0.0458. The summed E-state index contributed by atoms with van der Waals surface area (Å²) in [5.74, 6) is 0.0911. The zero-order valence-corrected chi connectivity index (χ0v) is 21.8. The summed E-state index contributed by atoms with van der Waals surface area (Å²) in [7, 11) is 2.11. The molecule has 2 amide bonds. The van der Waals surface area contributed by atoms with E-state index in [1.165, 1.54) is 0 Å². The van der Waals surface area contributed by atoms with Crippen molar-refractivity contribution in [1.82, 2.24) is 19.6 Å². The van der Waals surface area contributed by atoms with Gasteiger partial charge in [-0.15, -0.1) is 0 Å². The van der Waals surface area contributed by atoms with Crippen molar-refractivity contribution in [3.05, 3.63) is 83.2 Å². The molecule has 1 aromatic heterocycles. The van der Waals surface area contributed by atoms with Crippen LogP contribution >= 0.6 is 0 Å². The fourth-order valence-corrected chi connectivity index (χ4v) is 4.86. The third-order valence-electron chi connectivity index (χ3n) is 7.36. The topological polar surface area (TPSA) is 79.7 Å². The number of aromatic nitrogens is 2. The molecule has 2 aliphatic rings. The first kappa shape index (κ1) is 25.2. The maximum atomic E-state index is 12.7. The van der Waals surface area contributed by atoms with Crippen molar-refractivity contribution in [1.29, 1.82) is 0 Å². The number of carbonyl (C=O) groups is 2. The standard InChI is InChI=1S/C29H35N5O3/c1-20-4-6-24(7-5-20)29(36)33-17-27(18-33)37-19-21(2)22-8-10-23(11-9-22)28(35)31-25-14-30-34(15-25)26-12-13-32(3)16-26/h4-11,14-15,21,26-27H,12-13,16-19H2,1-3H3,(H,31,35)/t21-,26?/m0/s1. The number of carbonyl (C=O) groups excluding carboxylic acids is 2. The predicted octanol–water partition coefficient (Wildman–Crippen LogP) is 3.97. The molecule has 3 heterocycles. The molecule has 2 aliphatic heterocycles. The van der Waals surface area contributed by atoms with Crippen molar-refractivity contribution in [3.8, 4) is 0 Å². The number of nitrogens with zero attached hydrogens (tertiary/aromatic N) is 4. The first-order valence-corrected chi connectivity index (χ1v) is 13.0. The van der Waals surface area contributed by atoms with E-state index in [1.807, 2.05) is 71.2 Å². The summed E-state index contributed by atoms with van der Waals surface area (Å²) in [6.07, 6.45) is 4.75. The van der Waals surface area contributed by atoms with Crippen molar-refractivity contribution in [2.24, 2.45) is 0 Å². The second kappa shape index (κ2) is 10.9. The average molecular weight is 502 g/mol. The molecule has 0 bridgehead atoms. The number of likely N-dealkylation sites (N-methyl/N-ethyl adjacent to an activating group) is 1. The first-order valence-electron chi connectivity index (χ1n) is 13.0. The molecule has 0 saturated carbocycles. The van der Waals surface area contributed by atoms with E-state index in [0.29, 0.717) is 37.0 Å². The number of likely N-dealkylation sites (tertiary alicyclic amines) is 2. The van der Waals surface area contributed by atoms with E-state index in [1.54, 1.807) is 6.20 Å². The summed E-state index contributed by atoms with van der Waals surface area (Å²) in [6.45, 7) is 7.96. The van der Waals surface area contributed by atoms with E-state index in [-0.39, 0.29) is 23.8 Å². The van der Waals surface area contributed by atoms with Gasteiger partial charge in [-0.3, -0.25) is 14.3 Å². The Bertz CT molecular complexity index is 1230. The van der Waals surface area contributed by atoms with Gasteiger partial charge in [0.2, 0.25) is 0 Å². The molecule has 0 aliphatic carbocycles. The molecule has 0 spiro atoms. The Hall–Kier alpha value is -3.49. The van der Waals surface area contributed by atoms with Gasteiger partial charge in [0.25, 0.3) is 11.8 Å². The minimum Gasteiger partial charge on any atom is -0.374 e. The molecule has 1 N–H and O–H groups in total. The van der Waals surface area contributed by atoms with Crippen LogP contribution in [0.4, 0.5) is 5.69 Å². The zero-order valence-electron chi connectivity index (χ0n) is 21.8. The third-order valence-corrected chi connectivity index (χ3v) is 7.36. The Morgan fingerprint density at radius 3 is 2.43 bits per heavy atom. The summed E-state index contributed by atoms with van der Waals surface area (Å²) in [6, 6.07) is 15.7. The van der Waals surface area contributed by atoms with Gasteiger partial charge in [-0.2, -0.15) is 5.10 Å². The number of anilines is 1. The lowest BCUT2D eigenvalue weighted by Gasteiger charge is -2.39. The van der Waals surface area contributed by atoms with Crippen molar-refractivity contribution in [3.63, 3.8) is 0 Å². The number of hydrogen-bond acceptors (Lipinski definition) is 5. The van der Waals surface area contributed by atoms with Crippen LogP contribution in [0.15, 0.2) is 60.9 Å². The van der Waals surface area contributed by atoms with Gasteiger partial charge in [-0.1, -0.05) is 36.8 Å². The molecule has 0 radical (unpaired) electrons. The fourth-order valence-electron chi connectivity index (χ4n) is 4.86. The second-order valence-electron chi connectivity index (χ2n) is 10.4. The number of ether oxygens (including phenoxy) is 1. The number of aryl methyl sites for hydroxylation is 1. The van der Waals surface area contributed by atoms with E-state index < -0.39 is 0 Å². The normalized spacial score (nSPS) is 19.0. The highest BCUT2D eigenvalue weighted by atomic mass is 16.5. The van der Waals surface area contributed by atoms with Gasteiger partial charge in [0.15, 0.2) is 0 Å². The largest absolute Gasteiger partial charge is 0.374 e. The molecule has 2 atom stereocenters. The van der Waals surface area contributed by atoms with Crippen LogP contribution in [-0.2, 0) is 4.74 Å². The lowest BCUT2D eigenvalue weighted by atomic mass is 10.00. The molecule has 194 valence electrons. The van der Waals surface area contributed by atoms with Gasteiger partial charge in [-0.05, 0) is 56.8 Å². The summed E-state index contributed by atoms with van der Waals surface area (Å²) >= 11 is 0. The van der Waals surface area contributed by atoms with Crippen molar-refractivity contribution in [2.75, 3.05) is 45.2 Å². The maximum Gasteiger partial charge on any atom is 0.255 e. The van der Waals surface area contributed by atoms with E-state index in [2.05, 4.69) is 29.3 Å². The summed E-state index contributed by atoms with van der Waals surface area (Å²) in [4.78, 5) is 29.4. The van der Waals surface area contributed by atoms with Crippen molar-refractivity contribution < 1.29 is 14.3 Å². The highest BCUT2D eigenvalue weighted by Crippen LogP contribution is 2.23. The van der Waals surface area contributed by atoms with Crippen LogP contribution in [0.1, 0.15) is 57.1 Å². The van der Waals surface area contributed by atoms with Crippen molar-refractivity contribution in [2.45, 2.75) is 38.3 Å². The number of hydrogen-bond donors (Lipinski definition) is 1. The molecular formula is C29H35N5O3. The highest BCUT2D eigenvalue weighted by molar-refractivity contribution is 6.04. The number of rotatable bonds is 8. The molecule has 8 nitrogen and oxygen atoms in total. The highest BCUT2D eigenvalue weighted by Gasteiger charge is 2.32. The monoisotopic (exact) mass is 501 g/mol. The maximum absolute atomic E-state index is 12.7. The van der Waals surface area contributed by atoms with E-state index in [9.17, 15) is 9.59 Å². The molecule has 2 aromatic carbocycles. The van der Waals surface area contributed by atoms with Crippen LogP contribution in [0, 0.1) is 6.92 Å². The smallest absolute Gasteiger partial charge is 0.255 e. The SMILES string of the molecule is Cc1ccc(C(=O)N2CC(OC[C@H](C)c3ccc(C(=O)Nc4cnn(C5CCN(C)C5)c4)cc3)C2)cc1. The molecule has 8 heteroatoms. The quantitative estimate of drug-likeness (QED) is 0.505. The van der Waals surface area contributed by atoms with Crippen LogP contribution in [-0.4, -0.2) is 77.3 Å². The van der Waals surface area contributed by atoms with E-state index in [4.69, 9.17) is 4.74 Å². The first-order chi connectivity index (χ1) is 17.9. The Morgan fingerprint density at radius 2 is 1.76 bits per heavy atom. The fraction of sp³-hybridized carbons (Fsp3) is 0.414. The molecule has 1 unspecified atom stereocenters. The third kappa shape index (κ3) is 5.92. The minimum absolute atomic E-state index is 0.0558. The molecule has 2 saturated heterocycles. The molecule has 2 fully saturated rings. The van der Waals surface area contributed by atoms with Crippen molar-refractivity contribution >= 4 is 17.5 Å². The summed E-state index contributed by atoms with van der Waals surface area (Å²) in [5, 5.41) is 7.39. The molecular weight excluding hydrogens is 466 g/mol. The van der Waals surface area contributed by atoms with Gasteiger partial charge < -0.3 is 19.9 Å². The van der Waals surface area contributed by atoms with Gasteiger partial charge in [-0.25, -0.2) is 0 Å². The minimum atomic E-state index is -0.147. The Labute approximate surface area is 218 Å². The predicted molar refractivity (Wildman–Crippen MR) is 143 cm³/mol. The second-order valence-corrected chi connectivity index (χ2v) is 10.4. The van der Waals surface area contributed by atoms with E-state index >= 15 is 0 Å². The number of amides is 2. The summed E-state index contributed by atoms with van der Waals surface area (Å²) in [5.41, 5.74) is 4.29. The van der Waals surface area contributed by atoms with Gasteiger partial charge in [0, 0.05) is 42.9 Å². The van der Waals surface area contributed by atoms with Crippen LogP contribution in [0.2, 0.25) is 0 Å². The Morgan fingerprint density at radius 1 is 1.05 bits per heavy atom. The number of nitrogens with one attached hydrogen (secondary N) is 1. The molecule has 5 rings (SSSR count). The van der Waals surface area contributed by atoms with Gasteiger partial charge in [0.1, 0.15) is 0 Å². The lowest BCUT2D eigenvalue weighted by Crippen LogP contribution is -2.55. The van der Waals surface area contributed by atoms with Crippen LogP contribution in [0.5, 0.6) is 0 Å². The Balaban J connectivity index is 1.06. The molecule has 3 aromatic rings. The van der Waals surface area contributed by atoms with Crippen LogP contribution in [0.3, 0.4) is 0 Å². The van der Waals surface area contributed by atoms with Gasteiger partial charge in [0.05, 0.1) is 30.6 Å². The average Bonchev–Trinajstić information content (AvgIpc) is 3.52. The van der Waals surface area contributed by atoms with Crippen LogP contribution in [0.25, 0.3) is 0 Å².